The van der Waals surface area contributed by atoms with Crippen LogP contribution in [0.2, 0.25) is 0 Å². The highest BCUT2D eigenvalue weighted by Gasteiger charge is 2.32. The van der Waals surface area contributed by atoms with Crippen molar-refractivity contribution < 1.29 is 13.2 Å². The molecule has 2 nitrogen and oxygen atoms in total. The smallest absolute Gasteiger partial charge is 0.326 e. The van der Waals surface area contributed by atoms with Gasteiger partial charge < -0.3 is 5.73 Å². The summed E-state index contributed by atoms with van der Waals surface area (Å²) in [6.45, 7) is 9.78. The first-order chi connectivity index (χ1) is 7.65. The van der Waals surface area contributed by atoms with Gasteiger partial charge in [0.15, 0.2) is 0 Å². The average molecular weight is 254 g/mol. The van der Waals surface area contributed by atoms with E-state index < -0.39 is 12.6 Å². The minimum absolute atomic E-state index is 0.107. The summed E-state index contributed by atoms with van der Waals surface area (Å²) in [5.41, 5.74) is 5.77. The molecule has 104 valence electrons. The lowest BCUT2D eigenvalue weighted by Gasteiger charge is -2.42. The number of hydrogen-bond donors (Lipinski definition) is 1. The van der Waals surface area contributed by atoms with E-state index in [2.05, 4.69) is 4.90 Å². The van der Waals surface area contributed by atoms with Crippen molar-refractivity contribution in [1.82, 2.24) is 4.90 Å². The Morgan fingerprint density at radius 1 is 1.12 bits per heavy atom. The zero-order chi connectivity index (χ0) is 13.7. The third kappa shape index (κ3) is 5.73. The quantitative estimate of drug-likeness (QED) is 0.756. The summed E-state index contributed by atoms with van der Waals surface area (Å²) in [5, 5.41) is 0. The van der Waals surface area contributed by atoms with Gasteiger partial charge in [0.05, 0.1) is 0 Å². The summed E-state index contributed by atoms with van der Waals surface area (Å²) >= 11 is 0. The summed E-state index contributed by atoms with van der Waals surface area (Å²) in [5.74, 6) is 0. The summed E-state index contributed by atoms with van der Waals surface area (Å²) < 4.78 is 36.1. The maximum atomic E-state index is 12.0. The molecule has 0 aliphatic heterocycles. The molecule has 0 saturated carbocycles. The van der Waals surface area contributed by atoms with Crippen molar-refractivity contribution in [2.24, 2.45) is 5.73 Å². The van der Waals surface area contributed by atoms with Gasteiger partial charge in [0.25, 0.3) is 0 Å². The summed E-state index contributed by atoms with van der Waals surface area (Å²) in [6.07, 6.45) is -4.30. The molecule has 1 unspecified atom stereocenters. The maximum Gasteiger partial charge on any atom is 0.389 e. The zero-order valence-corrected chi connectivity index (χ0v) is 11.3. The highest BCUT2D eigenvalue weighted by molar-refractivity contribution is 4.90. The fraction of sp³-hybridized carbons (Fsp3) is 1.00. The Labute approximate surface area is 102 Å². The van der Waals surface area contributed by atoms with Gasteiger partial charge in [-0.3, -0.25) is 4.90 Å². The van der Waals surface area contributed by atoms with E-state index in [0.717, 1.165) is 13.1 Å². The van der Waals surface area contributed by atoms with Gasteiger partial charge in [0.2, 0.25) is 0 Å². The Kier molecular flexibility index (Phi) is 6.48. The molecule has 0 spiro atoms. The van der Waals surface area contributed by atoms with Crippen LogP contribution in [-0.2, 0) is 0 Å². The number of nitrogens with two attached hydrogens (primary N) is 1. The second-order valence-electron chi connectivity index (χ2n) is 4.94. The maximum absolute atomic E-state index is 12.0. The van der Waals surface area contributed by atoms with Gasteiger partial charge in [-0.15, -0.1) is 0 Å². The summed E-state index contributed by atoms with van der Waals surface area (Å²) in [7, 11) is 0. The molecule has 5 heteroatoms. The Balaban J connectivity index is 4.24. The number of likely N-dealkylation sites (N-methyl/N-ethyl adjacent to an activating group) is 1. The lowest BCUT2D eigenvalue weighted by Crippen LogP contribution is -2.56. The van der Waals surface area contributed by atoms with Crippen LogP contribution in [0.1, 0.15) is 47.0 Å². The Hall–Kier alpha value is -0.290. The highest BCUT2D eigenvalue weighted by atomic mass is 19.4. The van der Waals surface area contributed by atoms with Gasteiger partial charge in [0.1, 0.15) is 0 Å². The Bertz CT molecular complexity index is 210. The Morgan fingerprint density at radius 3 is 1.94 bits per heavy atom. The van der Waals surface area contributed by atoms with Crippen LogP contribution in [0.25, 0.3) is 0 Å². The minimum Gasteiger partial charge on any atom is -0.326 e. The highest BCUT2D eigenvalue weighted by Crippen LogP contribution is 2.26. The van der Waals surface area contributed by atoms with Crippen molar-refractivity contribution >= 4 is 0 Å². The Morgan fingerprint density at radius 2 is 1.59 bits per heavy atom. The molecule has 0 aliphatic carbocycles. The van der Waals surface area contributed by atoms with E-state index in [-0.39, 0.29) is 18.0 Å². The van der Waals surface area contributed by atoms with E-state index in [9.17, 15) is 13.2 Å². The SMILES string of the molecule is CCN(CC)C(C)(C)C(N)CCCC(F)(F)F. The first kappa shape index (κ1) is 16.7. The van der Waals surface area contributed by atoms with E-state index in [1.807, 2.05) is 27.7 Å². The van der Waals surface area contributed by atoms with Crippen LogP contribution >= 0.6 is 0 Å². The van der Waals surface area contributed by atoms with Gasteiger partial charge >= 0.3 is 6.18 Å². The molecule has 0 heterocycles. The monoisotopic (exact) mass is 254 g/mol. The molecule has 0 aromatic rings. The minimum atomic E-state index is -4.07. The van der Waals surface area contributed by atoms with Crippen molar-refractivity contribution in [3.8, 4) is 0 Å². The number of nitrogens with zero attached hydrogens (tertiary/aromatic N) is 1. The van der Waals surface area contributed by atoms with Gasteiger partial charge in [-0.25, -0.2) is 0 Å². The van der Waals surface area contributed by atoms with Crippen LogP contribution in [-0.4, -0.2) is 35.7 Å². The van der Waals surface area contributed by atoms with Crippen molar-refractivity contribution in [2.75, 3.05) is 13.1 Å². The second-order valence-corrected chi connectivity index (χ2v) is 4.94. The third-order valence-electron chi connectivity index (χ3n) is 3.46. The molecule has 0 saturated heterocycles. The molecule has 0 fully saturated rings. The van der Waals surface area contributed by atoms with E-state index in [4.69, 9.17) is 5.73 Å². The number of alkyl halides is 3. The molecule has 0 bridgehead atoms. The molecule has 2 N–H and O–H groups in total. The molecule has 1 atom stereocenters. The standard InChI is InChI=1S/C12H25F3N2/c1-5-17(6-2)11(3,4)10(16)8-7-9-12(13,14)15/h10H,5-9,16H2,1-4H3. The predicted molar refractivity (Wildman–Crippen MR) is 64.9 cm³/mol. The summed E-state index contributed by atoms with van der Waals surface area (Å²) in [6, 6.07) is -0.232. The first-order valence-electron chi connectivity index (χ1n) is 6.22. The van der Waals surface area contributed by atoms with Crippen molar-refractivity contribution in [2.45, 2.75) is 64.7 Å². The molecule has 0 aromatic carbocycles. The van der Waals surface area contributed by atoms with Crippen molar-refractivity contribution in [3.63, 3.8) is 0 Å². The molecule has 0 aromatic heterocycles. The molecular weight excluding hydrogens is 229 g/mol. The fourth-order valence-corrected chi connectivity index (χ4v) is 2.15. The average Bonchev–Trinajstić information content (AvgIpc) is 2.16. The van der Waals surface area contributed by atoms with Crippen LogP contribution in [0, 0.1) is 0 Å². The van der Waals surface area contributed by atoms with E-state index in [1.54, 1.807) is 0 Å². The van der Waals surface area contributed by atoms with E-state index >= 15 is 0 Å². The topological polar surface area (TPSA) is 29.3 Å². The number of halogens is 3. The molecule has 0 rings (SSSR count). The normalized spacial score (nSPS) is 15.4. The molecule has 0 radical (unpaired) electrons. The third-order valence-corrected chi connectivity index (χ3v) is 3.46. The number of rotatable bonds is 7. The van der Waals surface area contributed by atoms with E-state index in [0.29, 0.717) is 6.42 Å². The van der Waals surface area contributed by atoms with Crippen LogP contribution in [0.4, 0.5) is 13.2 Å². The van der Waals surface area contributed by atoms with Crippen LogP contribution in [0.5, 0.6) is 0 Å². The van der Waals surface area contributed by atoms with Crippen LogP contribution in [0.15, 0.2) is 0 Å². The molecule has 0 amide bonds. The molecule has 17 heavy (non-hydrogen) atoms. The number of hydrogen-bond acceptors (Lipinski definition) is 2. The first-order valence-corrected chi connectivity index (χ1v) is 6.22. The molecular formula is C12H25F3N2. The van der Waals surface area contributed by atoms with Gasteiger partial charge in [-0.05, 0) is 39.8 Å². The largest absolute Gasteiger partial charge is 0.389 e. The lowest BCUT2D eigenvalue weighted by atomic mass is 9.89. The summed E-state index contributed by atoms with van der Waals surface area (Å²) in [4.78, 5) is 2.19. The van der Waals surface area contributed by atoms with Crippen LogP contribution in [0.3, 0.4) is 0 Å². The van der Waals surface area contributed by atoms with Gasteiger partial charge in [-0.2, -0.15) is 13.2 Å². The molecule has 0 aliphatic rings. The predicted octanol–water partition coefficient (Wildman–Crippen LogP) is 3.17. The second kappa shape index (κ2) is 6.59. The van der Waals surface area contributed by atoms with Gasteiger partial charge in [-0.1, -0.05) is 13.8 Å². The lowest BCUT2D eigenvalue weighted by molar-refractivity contribution is -0.136. The van der Waals surface area contributed by atoms with Crippen LogP contribution < -0.4 is 5.73 Å². The van der Waals surface area contributed by atoms with E-state index in [1.165, 1.54) is 0 Å². The zero-order valence-electron chi connectivity index (χ0n) is 11.3. The van der Waals surface area contributed by atoms with Crippen molar-refractivity contribution in [3.05, 3.63) is 0 Å². The van der Waals surface area contributed by atoms with Gasteiger partial charge in [0, 0.05) is 18.0 Å². The fourth-order valence-electron chi connectivity index (χ4n) is 2.15. The van der Waals surface area contributed by atoms with Crippen molar-refractivity contribution in [1.29, 1.82) is 0 Å².